The van der Waals surface area contributed by atoms with Gasteiger partial charge in [-0.05, 0) is 31.5 Å². The van der Waals surface area contributed by atoms with Gasteiger partial charge in [-0.2, -0.15) is 0 Å². The molecule has 0 radical (unpaired) electrons. The molecular weight excluding hydrogens is 420 g/mol. The van der Waals surface area contributed by atoms with Gasteiger partial charge in [-0.15, -0.1) is 0 Å². The lowest BCUT2D eigenvalue weighted by Gasteiger charge is -2.33. The molecule has 1 fully saturated rings. The Morgan fingerprint density at radius 3 is 2.85 bits per heavy atom. The molecule has 0 unspecified atom stereocenters. The van der Waals surface area contributed by atoms with Crippen LogP contribution in [0.5, 0.6) is 0 Å². The fourth-order valence-electron chi connectivity index (χ4n) is 2.95. The number of ether oxygens (including phenoxy) is 2. The van der Waals surface area contributed by atoms with Gasteiger partial charge in [0.15, 0.2) is 5.17 Å². The topological polar surface area (TPSA) is 68.2 Å². The second kappa shape index (κ2) is 7.94. The number of carbonyl (C=O) groups is 2. The SMILES string of the molecule is COCCOC(=O)C1=C(C)N=C2S[C@@H](C)C(=O)N2[C@H]1c1cccc(Br)c1. The average Bonchev–Trinajstić information content (AvgIpc) is 2.87. The first kappa shape index (κ1) is 19.1. The van der Waals surface area contributed by atoms with E-state index in [9.17, 15) is 9.59 Å². The summed E-state index contributed by atoms with van der Waals surface area (Å²) in [6.07, 6.45) is 0. The first-order valence-corrected chi connectivity index (χ1v) is 9.82. The minimum Gasteiger partial charge on any atom is -0.460 e. The summed E-state index contributed by atoms with van der Waals surface area (Å²) in [7, 11) is 1.54. The third kappa shape index (κ3) is 3.58. The number of amides is 1. The normalized spacial score (nSPS) is 22.4. The number of fused-ring (bicyclic) bond motifs is 1. The van der Waals surface area contributed by atoms with Crippen LogP contribution in [0.25, 0.3) is 0 Å². The Bertz CT molecular complexity index is 808. The molecule has 0 spiro atoms. The van der Waals surface area contributed by atoms with Crippen molar-refractivity contribution < 1.29 is 19.1 Å². The van der Waals surface area contributed by atoms with E-state index in [0.717, 1.165) is 10.0 Å². The summed E-state index contributed by atoms with van der Waals surface area (Å²) in [4.78, 5) is 31.6. The number of aliphatic imine (C=N–C) groups is 1. The maximum atomic E-state index is 12.8. The summed E-state index contributed by atoms with van der Waals surface area (Å²) in [5.74, 6) is -0.543. The van der Waals surface area contributed by atoms with Crippen molar-refractivity contribution in [2.75, 3.05) is 20.3 Å². The fourth-order valence-corrected chi connectivity index (χ4v) is 4.40. The zero-order valence-electron chi connectivity index (χ0n) is 14.7. The number of rotatable bonds is 5. The van der Waals surface area contributed by atoms with E-state index >= 15 is 0 Å². The number of esters is 1. The highest BCUT2D eigenvalue weighted by Gasteiger charge is 2.46. The number of methoxy groups -OCH3 is 1. The van der Waals surface area contributed by atoms with Crippen molar-refractivity contribution in [3.8, 4) is 0 Å². The molecule has 138 valence electrons. The summed E-state index contributed by atoms with van der Waals surface area (Å²) >= 11 is 4.87. The van der Waals surface area contributed by atoms with Crippen LogP contribution in [0.1, 0.15) is 25.5 Å². The van der Waals surface area contributed by atoms with Crippen LogP contribution in [0.2, 0.25) is 0 Å². The molecule has 0 bridgehead atoms. The number of benzene rings is 1. The summed E-state index contributed by atoms with van der Waals surface area (Å²) in [6.45, 7) is 4.07. The zero-order chi connectivity index (χ0) is 18.8. The van der Waals surface area contributed by atoms with E-state index in [0.29, 0.717) is 23.0 Å². The van der Waals surface area contributed by atoms with Gasteiger partial charge >= 0.3 is 5.97 Å². The standard InChI is InChI=1S/C18H19BrN2O4S/c1-10-14(17(23)25-8-7-24-3)15(12-5-4-6-13(19)9-12)21-16(22)11(2)26-18(21)20-10/h4-6,9,11,15H,7-8H2,1-3H3/t11-,15-/m0/s1. The maximum Gasteiger partial charge on any atom is 0.338 e. The molecule has 0 saturated carbocycles. The highest BCUT2D eigenvalue weighted by molar-refractivity contribution is 9.10. The Hall–Kier alpha value is -1.64. The molecule has 8 heteroatoms. The van der Waals surface area contributed by atoms with Crippen molar-refractivity contribution in [1.82, 2.24) is 4.90 Å². The average molecular weight is 439 g/mol. The number of hydrogen-bond acceptors (Lipinski definition) is 6. The Balaban J connectivity index is 2.05. The van der Waals surface area contributed by atoms with E-state index in [1.165, 1.54) is 11.8 Å². The molecule has 1 saturated heterocycles. The van der Waals surface area contributed by atoms with Gasteiger partial charge in [0.1, 0.15) is 6.61 Å². The highest BCUT2D eigenvalue weighted by Crippen LogP contribution is 2.43. The highest BCUT2D eigenvalue weighted by atomic mass is 79.9. The first-order chi connectivity index (χ1) is 12.4. The number of allylic oxidation sites excluding steroid dienone is 1. The van der Waals surface area contributed by atoms with Crippen molar-refractivity contribution in [2.45, 2.75) is 25.1 Å². The summed E-state index contributed by atoms with van der Waals surface area (Å²) in [5, 5.41) is 0.387. The molecule has 0 aliphatic carbocycles. The van der Waals surface area contributed by atoms with E-state index in [1.54, 1.807) is 18.9 Å². The fraction of sp³-hybridized carbons (Fsp3) is 0.389. The van der Waals surface area contributed by atoms with Crippen LogP contribution in [0.15, 0.2) is 45.0 Å². The third-order valence-corrected chi connectivity index (χ3v) is 5.71. The van der Waals surface area contributed by atoms with Gasteiger partial charge in [0.05, 0.1) is 29.2 Å². The molecule has 2 aliphatic heterocycles. The molecule has 2 atom stereocenters. The lowest BCUT2D eigenvalue weighted by molar-refractivity contribution is -0.141. The minimum atomic E-state index is -0.556. The monoisotopic (exact) mass is 438 g/mol. The lowest BCUT2D eigenvalue weighted by Crippen LogP contribution is -2.40. The first-order valence-electron chi connectivity index (χ1n) is 8.14. The Morgan fingerprint density at radius 1 is 1.38 bits per heavy atom. The Morgan fingerprint density at radius 2 is 2.15 bits per heavy atom. The maximum absolute atomic E-state index is 12.8. The largest absolute Gasteiger partial charge is 0.460 e. The molecule has 0 N–H and O–H groups in total. The van der Waals surface area contributed by atoms with Crippen LogP contribution in [-0.2, 0) is 19.1 Å². The van der Waals surface area contributed by atoms with Crippen molar-refractivity contribution in [3.05, 3.63) is 45.6 Å². The van der Waals surface area contributed by atoms with Gasteiger partial charge in [0.25, 0.3) is 0 Å². The number of halogens is 1. The summed E-state index contributed by atoms with van der Waals surface area (Å²) in [6, 6.07) is 7.03. The Labute approximate surface area is 164 Å². The molecule has 6 nitrogen and oxygen atoms in total. The number of carbonyl (C=O) groups excluding carboxylic acids is 2. The van der Waals surface area contributed by atoms with E-state index < -0.39 is 12.0 Å². The predicted molar refractivity (Wildman–Crippen MR) is 104 cm³/mol. The van der Waals surface area contributed by atoms with Crippen LogP contribution in [0.3, 0.4) is 0 Å². The molecule has 3 rings (SSSR count). The molecule has 26 heavy (non-hydrogen) atoms. The van der Waals surface area contributed by atoms with Gasteiger partial charge in [-0.25, -0.2) is 9.79 Å². The molecule has 1 aromatic carbocycles. The molecule has 2 heterocycles. The van der Waals surface area contributed by atoms with Crippen LogP contribution in [0.4, 0.5) is 0 Å². The van der Waals surface area contributed by atoms with Gasteiger partial charge in [-0.1, -0.05) is 39.8 Å². The number of hydrogen-bond donors (Lipinski definition) is 0. The van der Waals surface area contributed by atoms with E-state index in [-0.39, 0.29) is 17.8 Å². The second-order valence-electron chi connectivity index (χ2n) is 5.95. The van der Waals surface area contributed by atoms with Gasteiger partial charge in [-0.3, -0.25) is 9.69 Å². The van der Waals surface area contributed by atoms with Crippen molar-refractivity contribution in [1.29, 1.82) is 0 Å². The van der Waals surface area contributed by atoms with Gasteiger partial charge in [0.2, 0.25) is 5.91 Å². The van der Waals surface area contributed by atoms with Crippen molar-refractivity contribution in [2.24, 2.45) is 4.99 Å². The quantitative estimate of drug-likeness (QED) is 0.521. The predicted octanol–water partition coefficient (Wildman–Crippen LogP) is 3.29. The molecule has 1 aromatic rings. The Kier molecular flexibility index (Phi) is 5.84. The van der Waals surface area contributed by atoms with Crippen LogP contribution in [-0.4, -0.2) is 47.5 Å². The molecular formula is C18H19BrN2O4S. The zero-order valence-corrected chi connectivity index (χ0v) is 17.1. The minimum absolute atomic E-state index is 0.0617. The van der Waals surface area contributed by atoms with E-state index in [4.69, 9.17) is 9.47 Å². The molecule has 2 aliphatic rings. The van der Waals surface area contributed by atoms with Crippen LogP contribution in [0, 0.1) is 0 Å². The van der Waals surface area contributed by atoms with Crippen molar-refractivity contribution >= 4 is 44.7 Å². The molecule has 0 aromatic heterocycles. The smallest absolute Gasteiger partial charge is 0.338 e. The summed E-state index contributed by atoms with van der Waals surface area (Å²) < 4.78 is 11.1. The van der Waals surface area contributed by atoms with E-state index in [2.05, 4.69) is 20.9 Å². The van der Waals surface area contributed by atoms with Crippen LogP contribution >= 0.6 is 27.7 Å². The van der Waals surface area contributed by atoms with Crippen LogP contribution < -0.4 is 0 Å². The summed E-state index contributed by atoms with van der Waals surface area (Å²) in [5.41, 5.74) is 1.77. The lowest BCUT2D eigenvalue weighted by atomic mass is 9.94. The second-order valence-corrected chi connectivity index (χ2v) is 8.17. The van der Waals surface area contributed by atoms with Crippen molar-refractivity contribution in [3.63, 3.8) is 0 Å². The number of amidine groups is 1. The number of nitrogens with zero attached hydrogens (tertiary/aromatic N) is 2. The third-order valence-electron chi connectivity index (χ3n) is 4.16. The number of thioether (sulfide) groups is 1. The van der Waals surface area contributed by atoms with Gasteiger partial charge < -0.3 is 9.47 Å². The van der Waals surface area contributed by atoms with E-state index in [1.807, 2.05) is 31.2 Å². The van der Waals surface area contributed by atoms with Gasteiger partial charge in [0, 0.05) is 11.6 Å². The molecule has 1 amide bonds.